The summed E-state index contributed by atoms with van der Waals surface area (Å²) >= 11 is 1.48. The molecular formula is C8H4F6INO2. The minimum Gasteiger partial charge on any atom is -0.492 e. The standard InChI is InChI=1S/C8H4F6INO2/c1-17-4-3(15)2-16-6(7(9,10)11)5(4)18-8(12,13)14/h2H,1H3. The zero-order valence-electron chi connectivity index (χ0n) is 8.49. The quantitative estimate of drug-likeness (QED) is 0.574. The first-order valence-corrected chi connectivity index (χ1v) is 5.19. The highest BCUT2D eigenvalue weighted by Gasteiger charge is 2.43. The molecule has 0 N–H and O–H groups in total. The van der Waals surface area contributed by atoms with Crippen LogP contribution < -0.4 is 9.47 Å². The molecule has 0 aliphatic rings. The highest BCUT2D eigenvalue weighted by Crippen LogP contribution is 2.44. The summed E-state index contributed by atoms with van der Waals surface area (Å²) in [6.45, 7) is 0. The van der Waals surface area contributed by atoms with E-state index in [1.54, 1.807) is 0 Å². The third-order valence-corrected chi connectivity index (χ3v) is 2.40. The van der Waals surface area contributed by atoms with Gasteiger partial charge in [0.15, 0.2) is 11.4 Å². The fraction of sp³-hybridized carbons (Fsp3) is 0.375. The highest BCUT2D eigenvalue weighted by atomic mass is 127. The Balaban J connectivity index is 3.45. The van der Waals surface area contributed by atoms with Crippen molar-refractivity contribution in [3.63, 3.8) is 0 Å². The van der Waals surface area contributed by atoms with Gasteiger partial charge in [-0.1, -0.05) is 0 Å². The van der Waals surface area contributed by atoms with Crippen LogP contribution >= 0.6 is 22.6 Å². The summed E-state index contributed by atoms with van der Waals surface area (Å²) in [5.74, 6) is -2.17. The van der Waals surface area contributed by atoms with Crippen molar-refractivity contribution in [3.05, 3.63) is 15.5 Å². The lowest BCUT2D eigenvalue weighted by atomic mass is 10.3. The monoisotopic (exact) mass is 387 g/mol. The van der Waals surface area contributed by atoms with E-state index < -0.39 is 29.7 Å². The Morgan fingerprint density at radius 3 is 2.06 bits per heavy atom. The Hall–Kier alpha value is -0.940. The summed E-state index contributed by atoms with van der Waals surface area (Å²) in [6.07, 6.45) is -9.62. The maximum absolute atomic E-state index is 12.5. The van der Waals surface area contributed by atoms with Crippen LogP contribution in [0.15, 0.2) is 6.20 Å². The zero-order chi connectivity index (χ0) is 14.1. The van der Waals surface area contributed by atoms with Gasteiger partial charge in [0.25, 0.3) is 0 Å². The van der Waals surface area contributed by atoms with Gasteiger partial charge in [0.05, 0.1) is 10.7 Å². The first-order valence-electron chi connectivity index (χ1n) is 4.11. The molecule has 0 amide bonds. The lowest BCUT2D eigenvalue weighted by Crippen LogP contribution is -2.22. The van der Waals surface area contributed by atoms with Gasteiger partial charge < -0.3 is 9.47 Å². The van der Waals surface area contributed by atoms with Crippen molar-refractivity contribution in [2.45, 2.75) is 12.5 Å². The molecule has 0 aromatic carbocycles. The van der Waals surface area contributed by atoms with Crippen molar-refractivity contribution in [3.8, 4) is 11.5 Å². The Morgan fingerprint density at radius 1 is 1.11 bits per heavy atom. The molecule has 0 saturated carbocycles. The predicted molar refractivity (Wildman–Crippen MR) is 55.2 cm³/mol. The van der Waals surface area contributed by atoms with Crippen LogP contribution in [-0.4, -0.2) is 18.5 Å². The van der Waals surface area contributed by atoms with Crippen LogP contribution in [0.3, 0.4) is 0 Å². The average molecular weight is 387 g/mol. The zero-order valence-corrected chi connectivity index (χ0v) is 10.6. The van der Waals surface area contributed by atoms with Crippen molar-refractivity contribution in [1.82, 2.24) is 4.98 Å². The molecule has 1 aromatic rings. The van der Waals surface area contributed by atoms with Gasteiger partial charge in [0, 0.05) is 6.20 Å². The Morgan fingerprint density at radius 2 is 1.67 bits per heavy atom. The van der Waals surface area contributed by atoms with Gasteiger partial charge in [0.1, 0.15) is 0 Å². The van der Waals surface area contributed by atoms with Crippen molar-refractivity contribution in [1.29, 1.82) is 0 Å². The lowest BCUT2D eigenvalue weighted by Gasteiger charge is -2.17. The minimum absolute atomic E-state index is 0.0395. The van der Waals surface area contributed by atoms with Gasteiger partial charge >= 0.3 is 12.5 Å². The van der Waals surface area contributed by atoms with Crippen LogP contribution in [0.5, 0.6) is 11.5 Å². The average Bonchev–Trinajstić information content (AvgIpc) is 2.13. The predicted octanol–water partition coefficient (Wildman–Crippen LogP) is 3.61. The topological polar surface area (TPSA) is 31.4 Å². The first kappa shape index (κ1) is 15.1. The normalized spacial score (nSPS) is 12.4. The SMILES string of the molecule is COc1c(I)cnc(C(F)(F)F)c1OC(F)(F)F. The molecule has 18 heavy (non-hydrogen) atoms. The van der Waals surface area contributed by atoms with Crippen LogP contribution in [0.25, 0.3) is 0 Å². The van der Waals surface area contributed by atoms with Crippen LogP contribution in [0.4, 0.5) is 26.3 Å². The van der Waals surface area contributed by atoms with Gasteiger partial charge in [-0.05, 0) is 22.6 Å². The number of hydrogen-bond donors (Lipinski definition) is 0. The molecule has 102 valence electrons. The maximum Gasteiger partial charge on any atom is 0.573 e. The molecule has 0 atom stereocenters. The number of alkyl halides is 6. The fourth-order valence-electron chi connectivity index (χ4n) is 1.06. The van der Waals surface area contributed by atoms with E-state index >= 15 is 0 Å². The molecule has 0 bridgehead atoms. The summed E-state index contributed by atoms with van der Waals surface area (Å²) in [6, 6.07) is 0. The van der Waals surface area contributed by atoms with Crippen molar-refractivity contribution in [2.24, 2.45) is 0 Å². The Kier molecular flexibility index (Phi) is 4.18. The molecule has 0 saturated heterocycles. The molecular weight excluding hydrogens is 383 g/mol. The lowest BCUT2D eigenvalue weighted by molar-refractivity contribution is -0.277. The van der Waals surface area contributed by atoms with E-state index in [1.807, 2.05) is 0 Å². The van der Waals surface area contributed by atoms with Crippen molar-refractivity contribution >= 4 is 22.6 Å². The minimum atomic E-state index is -5.28. The molecule has 0 fully saturated rings. The van der Waals surface area contributed by atoms with Gasteiger partial charge in [-0.15, -0.1) is 13.2 Å². The summed E-state index contributed by atoms with van der Waals surface area (Å²) in [5, 5.41) is 0. The van der Waals surface area contributed by atoms with E-state index in [2.05, 4.69) is 14.5 Å². The summed E-state index contributed by atoms with van der Waals surface area (Å²) in [4.78, 5) is 2.90. The second-order valence-electron chi connectivity index (χ2n) is 2.86. The van der Waals surface area contributed by atoms with E-state index in [-0.39, 0.29) is 3.57 Å². The van der Waals surface area contributed by atoms with Gasteiger partial charge in [-0.2, -0.15) is 13.2 Å². The van der Waals surface area contributed by atoms with Crippen molar-refractivity contribution < 1.29 is 35.8 Å². The van der Waals surface area contributed by atoms with E-state index in [0.717, 1.165) is 13.3 Å². The number of halogens is 7. The number of aromatic nitrogens is 1. The molecule has 0 spiro atoms. The number of hydrogen-bond acceptors (Lipinski definition) is 3. The molecule has 1 rings (SSSR count). The summed E-state index contributed by atoms with van der Waals surface area (Å²) in [5.41, 5.74) is -1.79. The Labute approximate surface area is 110 Å². The van der Waals surface area contributed by atoms with Gasteiger partial charge in [-0.25, -0.2) is 4.98 Å². The van der Waals surface area contributed by atoms with E-state index in [4.69, 9.17) is 0 Å². The second-order valence-corrected chi connectivity index (χ2v) is 4.02. The Bertz CT molecular complexity index is 444. The number of pyridine rings is 1. The largest absolute Gasteiger partial charge is 0.573 e. The molecule has 10 heteroatoms. The fourth-order valence-corrected chi connectivity index (χ4v) is 1.66. The van der Waals surface area contributed by atoms with Crippen LogP contribution in [-0.2, 0) is 6.18 Å². The number of nitrogens with zero attached hydrogens (tertiary/aromatic N) is 1. The number of rotatable bonds is 2. The summed E-state index contributed by atoms with van der Waals surface area (Å²) in [7, 11) is 0.931. The van der Waals surface area contributed by atoms with Gasteiger partial charge in [-0.3, -0.25) is 0 Å². The molecule has 1 aromatic heterocycles. The maximum atomic E-state index is 12.5. The van der Waals surface area contributed by atoms with E-state index in [1.165, 1.54) is 22.6 Å². The summed E-state index contributed by atoms with van der Waals surface area (Å²) < 4.78 is 81.6. The highest BCUT2D eigenvalue weighted by molar-refractivity contribution is 14.1. The molecule has 0 radical (unpaired) electrons. The van der Waals surface area contributed by atoms with Gasteiger partial charge in [0.2, 0.25) is 5.75 Å². The molecule has 3 nitrogen and oxygen atoms in total. The third-order valence-electron chi connectivity index (χ3n) is 1.64. The molecule has 1 heterocycles. The molecule has 0 aliphatic heterocycles. The van der Waals surface area contributed by atoms with Crippen molar-refractivity contribution in [2.75, 3.05) is 7.11 Å². The van der Waals surface area contributed by atoms with Crippen LogP contribution in [0.1, 0.15) is 5.69 Å². The number of ether oxygens (including phenoxy) is 2. The van der Waals surface area contributed by atoms with E-state index in [9.17, 15) is 26.3 Å². The first-order chi connectivity index (χ1) is 8.06. The molecule has 0 unspecified atom stereocenters. The second kappa shape index (κ2) is 4.97. The smallest absolute Gasteiger partial charge is 0.492 e. The number of methoxy groups -OCH3 is 1. The van der Waals surface area contributed by atoms with Crippen LogP contribution in [0.2, 0.25) is 0 Å². The molecule has 0 aliphatic carbocycles. The van der Waals surface area contributed by atoms with E-state index in [0.29, 0.717) is 0 Å². The third kappa shape index (κ3) is 3.53. The van der Waals surface area contributed by atoms with Crippen LogP contribution in [0, 0.1) is 3.57 Å².